The molecule has 0 unspecified atom stereocenters. The van der Waals surface area contributed by atoms with Crippen LogP contribution in [0.1, 0.15) is 31.1 Å². The number of nitrogens with zero attached hydrogens (tertiary/aromatic N) is 3. The topological polar surface area (TPSA) is 45.0 Å². The molecule has 0 amide bonds. The van der Waals surface area contributed by atoms with Crippen molar-refractivity contribution >= 4 is 22.8 Å². The van der Waals surface area contributed by atoms with Crippen molar-refractivity contribution in [2.45, 2.75) is 20.8 Å². The highest BCUT2D eigenvalue weighted by molar-refractivity contribution is 6.03. The van der Waals surface area contributed by atoms with E-state index in [1.807, 2.05) is 82.2 Å². The molecule has 0 N–H and O–H groups in total. The van der Waals surface area contributed by atoms with Crippen LogP contribution in [0.3, 0.4) is 0 Å². The number of anilines is 1. The largest absolute Gasteiger partial charge is 0.378 e. The predicted molar refractivity (Wildman–Crippen MR) is 95.2 cm³/mol. The molecule has 2 aromatic rings. The van der Waals surface area contributed by atoms with Crippen LogP contribution in [0, 0.1) is 5.41 Å². The molecule has 0 aliphatic heterocycles. The van der Waals surface area contributed by atoms with Gasteiger partial charge in [0.25, 0.3) is 0 Å². The van der Waals surface area contributed by atoms with Gasteiger partial charge in [-0.1, -0.05) is 32.9 Å². The minimum absolute atomic E-state index is 0.0648. The van der Waals surface area contributed by atoms with Crippen LogP contribution in [-0.4, -0.2) is 19.9 Å². The van der Waals surface area contributed by atoms with E-state index < -0.39 is 5.41 Å². The van der Waals surface area contributed by atoms with E-state index in [0.717, 1.165) is 11.4 Å². The van der Waals surface area contributed by atoms with Gasteiger partial charge in [0.05, 0.1) is 11.4 Å². The molecule has 0 atom stereocenters. The van der Waals surface area contributed by atoms with Gasteiger partial charge >= 0.3 is 0 Å². The second-order valence-corrected chi connectivity index (χ2v) is 6.71. The Kier molecular flexibility index (Phi) is 4.94. The summed E-state index contributed by atoms with van der Waals surface area (Å²) in [7, 11) is 3.98. The summed E-state index contributed by atoms with van der Waals surface area (Å²) < 4.78 is 0. The normalized spacial score (nSPS) is 11.7. The minimum Gasteiger partial charge on any atom is -0.378 e. The van der Waals surface area contributed by atoms with Crippen LogP contribution < -0.4 is 4.90 Å². The lowest BCUT2D eigenvalue weighted by Gasteiger charge is -2.17. The first-order chi connectivity index (χ1) is 10.8. The van der Waals surface area contributed by atoms with Crippen LogP contribution in [0.15, 0.2) is 58.8 Å². The zero-order chi connectivity index (χ0) is 17.0. The van der Waals surface area contributed by atoms with Crippen molar-refractivity contribution in [3.05, 3.63) is 54.1 Å². The van der Waals surface area contributed by atoms with E-state index in [-0.39, 0.29) is 5.78 Å². The number of rotatable bonds is 4. The highest BCUT2D eigenvalue weighted by Gasteiger charge is 2.24. The van der Waals surface area contributed by atoms with E-state index >= 15 is 0 Å². The summed E-state index contributed by atoms with van der Waals surface area (Å²) in [5.41, 5.74) is 2.62. The third kappa shape index (κ3) is 4.25. The van der Waals surface area contributed by atoms with Crippen molar-refractivity contribution in [3.63, 3.8) is 0 Å². The van der Waals surface area contributed by atoms with Crippen LogP contribution in [-0.2, 0) is 0 Å². The van der Waals surface area contributed by atoms with E-state index in [1.165, 1.54) is 0 Å². The third-order valence-electron chi connectivity index (χ3n) is 3.47. The fraction of sp³-hybridized carbons (Fsp3) is 0.316. The lowest BCUT2D eigenvalue weighted by atomic mass is 9.86. The number of Topliss-reactive ketones (excluding diaryl/α,β-unsaturated/α-hetero) is 1. The second-order valence-electron chi connectivity index (χ2n) is 6.71. The molecular weight excluding hydrogens is 286 g/mol. The number of hydrogen-bond donors (Lipinski definition) is 0. The maximum absolute atomic E-state index is 12.5. The van der Waals surface area contributed by atoms with Crippen LogP contribution in [0.25, 0.3) is 0 Å². The molecule has 120 valence electrons. The second kappa shape index (κ2) is 6.73. The fourth-order valence-corrected chi connectivity index (χ4v) is 2.09. The first kappa shape index (κ1) is 16.9. The Hall–Kier alpha value is -2.49. The first-order valence-electron chi connectivity index (χ1n) is 7.62. The number of ketones is 1. The molecule has 0 radical (unpaired) electrons. The zero-order valence-electron chi connectivity index (χ0n) is 14.4. The van der Waals surface area contributed by atoms with E-state index in [4.69, 9.17) is 0 Å². The Morgan fingerprint density at radius 3 is 2.09 bits per heavy atom. The highest BCUT2D eigenvalue weighted by Crippen LogP contribution is 2.29. The molecule has 4 heteroatoms. The number of carbonyl (C=O) groups is 1. The standard InChI is InChI=1S/C19H23N3O/c1-19(2,3)18(23)16-8-6-7-9-17(16)21-20-14-10-12-15(13-11-14)22(4)5/h6-13H,1-5H3/b21-20+. The van der Waals surface area contributed by atoms with Crippen LogP contribution in [0.4, 0.5) is 17.1 Å². The van der Waals surface area contributed by atoms with Crippen LogP contribution in [0.5, 0.6) is 0 Å². The van der Waals surface area contributed by atoms with Crippen molar-refractivity contribution in [3.8, 4) is 0 Å². The Balaban J connectivity index is 2.28. The van der Waals surface area contributed by atoms with E-state index in [9.17, 15) is 4.79 Å². The Bertz CT molecular complexity index is 710. The minimum atomic E-state index is -0.445. The average molecular weight is 309 g/mol. The van der Waals surface area contributed by atoms with Gasteiger partial charge in [0.15, 0.2) is 5.78 Å². The van der Waals surface area contributed by atoms with Gasteiger partial charge in [0.1, 0.15) is 0 Å². The summed E-state index contributed by atoms with van der Waals surface area (Å²) in [5, 5.41) is 8.53. The SMILES string of the molecule is CN(C)c1ccc(/N=N/c2ccccc2C(=O)C(C)(C)C)cc1. The molecule has 0 aromatic heterocycles. The molecule has 0 heterocycles. The van der Waals surface area contributed by atoms with Crippen LogP contribution in [0.2, 0.25) is 0 Å². The monoisotopic (exact) mass is 309 g/mol. The third-order valence-corrected chi connectivity index (χ3v) is 3.47. The van der Waals surface area contributed by atoms with Crippen molar-refractivity contribution in [1.82, 2.24) is 0 Å². The smallest absolute Gasteiger partial charge is 0.170 e. The molecule has 4 nitrogen and oxygen atoms in total. The van der Waals surface area contributed by atoms with Crippen LogP contribution >= 0.6 is 0 Å². The molecule has 2 aromatic carbocycles. The number of azo groups is 1. The lowest BCUT2D eigenvalue weighted by molar-refractivity contribution is 0.0859. The Labute approximate surface area is 137 Å². The van der Waals surface area contributed by atoms with Crippen molar-refractivity contribution in [2.75, 3.05) is 19.0 Å². The molecule has 2 rings (SSSR count). The van der Waals surface area contributed by atoms with Gasteiger partial charge in [-0.3, -0.25) is 4.79 Å². The molecule has 0 aliphatic rings. The summed E-state index contributed by atoms with van der Waals surface area (Å²) in [5.74, 6) is 0.0648. The first-order valence-corrected chi connectivity index (χ1v) is 7.62. The number of benzene rings is 2. The van der Waals surface area contributed by atoms with Gasteiger partial charge in [-0.2, -0.15) is 5.11 Å². The fourth-order valence-electron chi connectivity index (χ4n) is 2.09. The van der Waals surface area contributed by atoms with Crippen molar-refractivity contribution in [1.29, 1.82) is 0 Å². The maximum Gasteiger partial charge on any atom is 0.170 e. The summed E-state index contributed by atoms with van der Waals surface area (Å²) in [6.45, 7) is 5.72. The van der Waals surface area contributed by atoms with E-state index in [2.05, 4.69) is 10.2 Å². The van der Waals surface area contributed by atoms with Crippen molar-refractivity contribution in [2.24, 2.45) is 15.6 Å². The van der Waals surface area contributed by atoms with E-state index in [0.29, 0.717) is 11.3 Å². The molecule has 0 spiro atoms. The molecule has 0 fully saturated rings. The molecule has 0 aliphatic carbocycles. The van der Waals surface area contributed by atoms with Gasteiger partial charge in [-0.15, -0.1) is 5.11 Å². The van der Waals surface area contributed by atoms with Gasteiger partial charge in [-0.25, -0.2) is 0 Å². The van der Waals surface area contributed by atoms with E-state index in [1.54, 1.807) is 6.07 Å². The maximum atomic E-state index is 12.5. The molecule has 23 heavy (non-hydrogen) atoms. The lowest BCUT2D eigenvalue weighted by Crippen LogP contribution is -2.20. The van der Waals surface area contributed by atoms with Crippen molar-refractivity contribution < 1.29 is 4.79 Å². The summed E-state index contributed by atoms with van der Waals surface area (Å²) >= 11 is 0. The Morgan fingerprint density at radius 1 is 0.913 bits per heavy atom. The van der Waals surface area contributed by atoms with Gasteiger partial charge in [0.2, 0.25) is 0 Å². The molecule has 0 bridgehead atoms. The zero-order valence-corrected chi connectivity index (χ0v) is 14.4. The number of hydrogen-bond acceptors (Lipinski definition) is 4. The van der Waals surface area contributed by atoms with Gasteiger partial charge in [-0.05, 0) is 36.4 Å². The quantitative estimate of drug-likeness (QED) is 0.561. The average Bonchev–Trinajstić information content (AvgIpc) is 2.52. The molecular formula is C19H23N3O. The summed E-state index contributed by atoms with van der Waals surface area (Å²) in [6.07, 6.45) is 0. The highest BCUT2D eigenvalue weighted by atomic mass is 16.1. The number of carbonyl (C=O) groups excluding carboxylic acids is 1. The summed E-state index contributed by atoms with van der Waals surface area (Å²) in [6, 6.07) is 15.1. The molecule has 0 saturated heterocycles. The van der Waals surface area contributed by atoms with Gasteiger partial charge < -0.3 is 4.90 Å². The predicted octanol–water partition coefficient (Wildman–Crippen LogP) is 5.40. The Morgan fingerprint density at radius 2 is 1.52 bits per heavy atom. The summed E-state index contributed by atoms with van der Waals surface area (Å²) in [4.78, 5) is 14.5. The molecule has 0 saturated carbocycles. The van der Waals surface area contributed by atoms with Gasteiger partial charge in [0, 0.05) is 30.8 Å².